The molecule has 1 amide bonds. The summed E-state index contributed by atoms with van der Waals surface area (Å²) in [4.78, 5) is 17.8. The van der Waals surface area contributed by atoms with Gasteiger partial charge in [0.2, 0.25) is 0 Å². The molecule has 2 rings (SSSR count). The van der Waals surface area contributed by atoms with Gasteiger partial charge >= 0.3 is 0 Å². The quantitative estimate of drug-likeness (QED) is 0.803. The Morgan fingerprint density at radius 3 is 2.71 bits per heavy atom. The molecule has 1 saturated heterocycles. The summed E-state index contributed by atoms with van der Waals surface area (Å²) in [6, 6.07) is 9.94. The highest BCUT2D eigenvalue weighted by molar-refractivity contribution is 5.82. The lowest BCUT2D eigenvalue weighted by molar-refractivity contribution is -0.198. The van der Waals surface area contributed by atoms with Gasteiger partial charge in [-0.25, -0.2) is 5.06 Å². The number of carbonyl (C=O) groups excluding carboxylic acids is 1. The van der Waals surface area contributed by atoms with Crippen molar-refractivity contribution < 1.29 is 9.63 Å². The molecule has 0 radical (unpaired) electrons. The number of benzene rings is 1. The molecule has 92 valence electrons. The van der Waals surface area contributed by atoms with E-state index < -0.39 is 0 Å². The van der Waals surface area contributed by atoms with E-state index in [1.54, 1.807) is 5.06 Å². The molecule has 1 unspecified atom stereocenters. The molecule has 0 spiro atoms. The topological polar surface area (TPSA) is 29.5 Å². The molecule has 3 heteroatoms. The van der Waals surface area contributed by atoms with Crippen molar-refractivity contribution in [1.82, 2.24) is 5.06 Å². The first-order valence-corrected chi connectivity index (χ1v) is 6.32. The Hall–Kier alpha value is -1.35. The van der Waals surface area contributed by atoms with Crippen LogP contribution in [0.15, 0.2) is 30.3 Å². The highest BCUT2D eigenvalue weighted by Gasteiger charge is 2.26. The molecule has 1 aromatic rings. The van der Waals surface area contributed by atoms with Crippen molar-refractivity contribution in [3.05, 3.63) is 35.9 Å². The maximum absolute atomic E-state index is 12.3. The Labute approximate surface area is 102 Å². The minimum absolute atomic E-state index is 0.0747. The first-order valence-electron chi connectivity index (χ1n) is 6.32. The van der Waals surface area contributed by atoms with Crippen LogP contribution in [0.2, 0.25) is 0 Å². The summed E-state index contributed by atoms with van der Waals surface area (Å²) in [5, 5.41) is 1.55. The summed E-state index contributed by atoms with van der Waals surface area (Å²) < 4.78 is 0. The second-order valence-electron chi connectivity index (χ2n) is 4.35. The lowest BCUT2D eigenvalue weighted by atomic mass is 9.95. The summed E-state index contributed by atoms with van der Waals surface area (Å²) in [6.45, 7) is 3.43. The molecular weight excluding hydrogens is 214 g/mol. The third-order valence-corrected chi connectivity index (χ3v) is 3.16. The average Bonchev–Trinajstić information content (AvgIpc) is 2.42. The molecule has 1 aliphatic heterocycles. The predicted octanol–water partition coefficient (Wildman–Crippen LogP) is 2.73. The van der Waals surface area contributed by atoms with Crippen LogP contribution in [0.3, 0.4) is 0 Å². The van der Waals surface area contributed by atoms with Crippen LogP contribution < -0.4 is 0 Å². The fourth-order valence-corrected chi connectivity index (χ4v) is 2.18. The van der Waals surface area contributed by atoms with Crippen LogP contribution in [0, 0.1) is 0 Å². The summed E-state index contributed by atoms with van der Waals surface area (Å²) in [5.41, 5.74) is 1.08. The van der Waals surface area contributed by atoms with Gasteiger partial charge in [-0.2, -0.15) is 0 Å². The first-order chi connectivity index (χ1) is 8.33. The zero-order valence-electron chi connectivity index (χ0n) is 10.3. The Balaban J connectivity index is 2.10. The summed E-state index contributed by atoms with van der Waals surface area (Å²) in [5.74, 6) is 0.0210. The molecule has 17 heavy (non-hydrogen) atoms. The average molecular weight is 233 g/mol. The van der Waals surface area contributed by atoms with Gasteiger partial charge in [-0.05, 0) is 24.8 Å². The minimum atomic E-state index is -0.0747. The van der Waals surface area contributed by atoms with Crippen molar-refractivity contribution in [1.29, 1.82) is 0 Å². The SMILES string of the molecule is CCC(C(=O)N1CCCCO1)c1ccccc1. The van der Waals surface area contributed by atoms with Crippen LogP contribution in [0.25, 0.3) is 0 Å². The standard InChI is InChI=1S/C14H19NO2/c1-2-13(12-8-4-3-5-9-12)14(16)15-10-6-7-11-17-15/h3-5,8-9,13H,2,6-7,10-11H2,1H3. The van der Waals surface area contributed by atoms with Gasteiger partial charge in [0, 0.05) is 6.54 Å². The van der Waals surface area contributed by atoms with Crippen molar-refractivity contribution >= 4 is 5.91 Å². The lowest BCUT2D eigenvalue weighted by Gasteiger charge is -2.29. The van der Waals surface area contributed by atoms with Crippen molar-refractivity contribution in [2.45, 2.75) is 32.1 Å². The van der Waals surface area contributed by atoms with Crippen LogP contribution in [-0.4, -0.2) is 24.1 Å². The van der Waals surface area contributed by atoms with E-state index in [-0.39, 0.29) is 11.8 Å². The molecule has 1 heterocycles. The Morgan fingerprint density at radius 2 is 2.12 bits per heavy atom. The number of rotatable bonds is 3. The highest BCUT2D eigenvalue weighted by Crippen LogP contribution is 2.23. The summed E-state index contributed by atoms with van der Waals surface area (Å²) in [7, 11) is 0. The molecule has 0 aromatic heterocycles. The van der Waals surface area contributed by atoms with Crippen LogP contribution in [0.1, 0.15) is 37.7 Å². The number of hydrogen-bond donors (Lipinski definition) is 0. The number of hydrogen-bond acceptors (Lipinski definition) is 2. The maximum atomic E-state index is 12.3. The normalized spacial score (nSPS) is 17.8. The van der Waals surface area contributed by atoms with E-state index in [0.29, 0.717) is 6.61 Å². The van der Waals surface area contributed by atoms with Crippen molar-refractivity contribution in [2.75, 3.05) is 13.2 Å². The van der Waals surface area contributed by atoms with E-state index in [2.05, 4.69) is 0 Å². The maximum Gasteiger partial charge on any atom is 0.253 e. The van der Waals surface area contributed by atoms with E-state index in [0.717, 1.165) is 31.4 Å². The van der Waals surface area contributed by atoms with Crippen molar-refractivity contribution in [3.63, 3.8) is 0 Å². The number of nitrogens with zero attached hydrogens (tertiary/aromatic N) is 1. The smallest absolute Gasteiger partial charge is 0.253 e. The van der Waals surface area contributed by atoms with Crippen LogP contribution >= 0.6 is 0 Å². The predicted molar refractivity (Wildman–Crippen MR) is 66.4 cm³/mol. The minimum Gasteiger partial charge on any atom is -0.272 e. The van der Waals surface area contributed by atoms with Crippen molar-refractivity contribution in [2.24, 2.45) is 0 Å². The van der Waals surface area contributed by atoms with Gasteiger partial charge in [0.25, 0.3) is 5.91 Å². The molecule has 0 saturated carbocycles. The van der Waals surface area contributed by atoms with Crippen LogP contribution in [0.4, 0.5) is 0 Å². The number of amides is 1. The molecule has 1 aliphatic rings. The van der Waals surface area contributed by atoms with Crippen LogP contribution in [-0.2, 0) is 9.63 Å². The van der Waals surface area contributed by atoms with Gasteiger partial charge in [-0.3, -0.25) is 9.63 Å². The van der Waals surface area contributed by atoms with E-state index in [1.807, 2.05) is 37.3 Å². The fourth-order valence-electron chi connectivity index (χ4n) is 2.18. The number of hydroxylamine groups is 2. The zero-order valence-corrected chi connectivity index (χ0v) is 10.3. The van der Waals surface area contributed by atoms with Gasteiger partial charge < -0.3 is 0 Å². The highest BCUT2D eigenvalue weighted by atomic mass is 16.7. The molecular formula is C14H19NO2. The third-order valence-electron chi connectivity index (χ3n) is 3.16. The molecule has 1 atom stereocenters. The van der Waals surface area contributed by atoms with Gasteiger partial charge in [0.1, 0.15) is 0 Å². The van der Waals surface area contributed by atoms with E-state index in [1.165, 1.54) is 0 Å². The van der Waals surface area contributed by atoms with E-state index >= 15 is 0 Å². The second kappa shape index (κ2) is 5.82. The Bertz CT molecular complexity index is 358. The second-order valence-corrected chi connectivity index (χ2v) is 4.35. The molecule has 0 N–H and O–H groups in total. The first kappa shape index (κ1) is 12.1. The van der Waals surface area contributed by atoms with Crippen LogP contribution in [0.5, 0.6) is 0 Å². The largest absolute Gasteiger partial charge is 0.272 e. The summed E-state index contributed by atoms with van der Waals surface area (Å²) in [6.07, 6.45) is 2.89. The monoisotopic (exact) mass is 233 g/mol. The third kappa shape index (κ3) is 2.86. The van der Waals surface area contributed by atoms with Gasteiger partial charge in [0.05, 0.1) is 12.5 Å². The molecule has 3 nitrogen and oxygen atoms in total. The molecule has 1 fully saturated rings. The number of carbonyl (C=O) groups is 1. The Kier molecular flexibility index (Phi) is 4.15. The molecule has 0 aliphatic carbocycles. The van der Waals surface area contributed by atoms with E-state index in [4.69, 9.17) is 4.84 Å². The van der Waals surface area contributed by atoms with Crippen molar-refractivity contribution in [3.8, 4) is 0 Å². The fraction of sp³-hybridized carbons (Fsp3) is 0.500. The molecule has 0 bridgehead atoms. The van der Waals surface area contributed by atoms with Gasteiger partial charge in [0.15, 0.2) is 0 Å². The zero-order chi connectivity index (χ0) is 12.1. The lowest BCUT2D eigenvalue weighted by Crippen LogP contribution is -2.38. The molecule has 1 aromatic carbocycles. The van der Waals surface area contributed by atoms with Gasteiger partial charge in [-0.1, -0.05) is 37.3 Å². The van der Waals surface area contributed by atoms with Gasteiger partial charge in [-0.15, -0.1) is 0 Å². The van der Waals surface area contributed by atoms with E-state index in [9.17, 15) is 4.79 Å². The summed E-state index contributed by atoms with van der Waals surface area (Å²) >= 11 is 0. The Morgan fingerprint density at radius 1 is 1.35 bits per heavy atom.